The van der Waals surface area contributed by atoms with Gasteiger partial charge < -0.3 is 29.0 Å². The Morgan fingerprint density at radius 1 is 0.704 bits per heavy atom. The Bertz CT molecular complexity index is 310. The average Bonchev–Trinajstić information content (AvgIpc) is 2.67. The fraction of sp³-hybridized carbons (Fsp3) is 0.947. The molecule has 0 aromatic heterocycles. The van der Waals surface area contributed by atoms with Gasteiger partial charge in [-0.25, -0.2) is 0 Å². The first-order valence-corrected chi connectivity index (χ1v) is 10.6. The number of alkyl halides is 1. The number of amides is 1. The molecule has 7 nitrogen and oxygen atoms in total. The molecular weight excluding hydrogens is 374 g/mol. The quantitative estimate of drug-likeness (QED) is 0.218. The van der Waals surface area contributed by atoms with Crippen molar-refractivity contribution in [3.63, 3.8) is 0 Å². The van der Waals surface area contributed by atoms with Gasteiger partial charge in [-0.05, 0) is 19.3 Å². The Kier molecular flexibility index (Phi) is 23.2. The van der Waals surface area contributed by atoms with Crippen LogP contribution in [-0.2, 0) is 28.5 Å². The zero-order chi connectivity index (χ0) is 19.8. The lowest BCUT2D eigenvalue weighted by atomic mass is 10.2. The third kappa shape index (κ3) is 23.5. The van der Waals surface area contributed by atoms with E-state index in [-0.39, 0.29) is 12.5 Å². The molecule has 0 radical (unpaired) electrons. The number of carbonyl (C=O) groups excluding carboxylic acids is 1. The third-order valence-corrected chi connectivity index (χ3v) is 3.71. The molecule has 0 rings (SSSR count). The van der Waals surface area contributed by atoms with Gasteiger partial charge in [0, 0.05) is 25.6 Å². The summed E-state index contributed by atoms with van der Waals surface area (Å²) in [6.45, 7) is 7.64. The molecule has 8 heteroatoms. The molecule has 0 saturated carbocycles. The predicted molar refractivity (Wildman–Crippen MR) is 107 cm³/mol. The van der Waals surface area contributed by atoms with Crippen molar-refractivity contribution >= 4 is 17.5 Å². The zero-order valence-electron chi connectivity index (χ0n) is 16.8. The van der Waals surface area contributed by atoms with Gasteiger partial charge in [-0.2, -0.15) is 0 Å². The number of ether oxygens (including phenoxy) is 5. The van der Waals surface area contributed by atoms with E-state index in [0.29, 0.717) is 52.8 Å². The van der Waals surface area contributed by atoms with Crippen LogP contribution in [0, 0.1) is 0 Å². The summed E-state index contributed by atoms with van der Waals surface area (Å²) in [5.41, 5.74) is 0. The molecule has 0 bridgehead atoms. The fourth-order valence-electron chi connectivity index (χ4n) is 2.04. The van der Waals surface area contributed by atoms with Crippen molar-refractivity contribution in [2.24, 2.45) is 0 Å². The van der Waals surface area contributed by atoms with Gasteiger partial charge in [-0.15, -0.1) is 11.6 Å². The maximum atomic E-state index is 11.5. The molecule has 0 heterocycles. The average molecular weight is 412 g/mol. The van der Waals surface area contributed by atoms with Crippen LogP contribution in [0.3, 0.4) is 0 Å². The zero-order valence-corrected chi connectivity index (χ0v) is 17.6. The second kappa shape index (κ2) is 23.6. The summed E-state index contributed by atoms with van der Waals surface area (Å²) in [5, 5.41) is 2.74. The largest absolute Gasteiger partial charge is 0.379 e. The van der Waals surface area contributed by atoms with Crippen molar-refractivity contribution in [2.75, 3.05) is 78.5 Å². The van der Waals surface area contributed by atoms with Crippen LogP contribution in [0.5, 0.6) is 0 Å². The summed E-state index contributed by atoms with van der Waals surface area (Å²) in [5.74, 6) is 0.582. The number of halogens is 1. The van der Waals surface area contributed by atoms with Crippen LogP contribution in [-0.4, -0.2) is 84.4 Å². The molecule has 162 valence electrons. The highest BCUT2D eigenvalue weighted by Crippen LogP contribution is 2.00. The van der Waals surface area contributed by atoms with E-state index >= 15 is 0 Å². The minimum atomic E-state index is -0.155. The van der Waals surface area contributed by atoms with E-state index in [1.165, 1.54) is 0 Å². The van der Waals surface area contributed by atoms with E-state index in [4.69, 9.17) is 35.3 Å². The van der Waals surface area contributed by atoms with Crippen LogP contribution in [0.4, 0.5) is 0 Å². The third-order valence-electron chi connectivity index (χ3n) is 3.44. The molecule has 0 atom stereocenters. The van der Waals surface area contributed by atoms with Gasteiger partial charge in [-0.1, -0.05) is 19.8 Å². The Labute approximate surface area is 169 Å². The normalized spacial score (nSPS) is 11.0. The van der Waals surface area contributed by atoms with Crippen LogP contribution < -0.4 is 5.32 Å². The standard InChI is InChI=1S/C19H38ClNO6/c1-2-9-23-12-15-26-16-17-27-18-19(22)21-8-11-25-14-13-24-10-6-4-3-5-7-20/h2-18H2,1H3,(H,21,22). The first kappa shape index (κ1) is 26.6. The number of rotatable bonds is 22. The van der Waals surface area contributed by atoms with E-state index in [0.717, 1.165) is 51.2 Å². The van der Waals surface area contributed by atoms with E-state index < -0.39 is 0 Å². The summed E-state index contributed by atoms with van der Waals surface area (Å²) in [6, 6.07) is 0. The van der Waals surface area contributed by atoms with Gasteiger partial charge in [-0.3, -0.25) is 4.79 Å². The van der Waals surface area contributed by atoms with Crippen molar-refractivity contribution in [3.8, 4) is 0 Å². The molecule has 0 fully saturated rings. The second-order valence-electron chi connectivity index (χ2n) is 5.96. The molecule has 0 unspecified atom stereocenters. The molecule has 0 aliphatic carbocycles. The Balaban J connectivity index is 3.13. The van der Waals surface area contributed by atoms with Crippen molar-refractivity contribution in [3.05, 3.63) is 0 Å². The van der Waals surface area contributed by atoms with E-state index in [1.54, 1.807) is 0 Å². The van der Waals surface area contributed by atoms with Crippen LogP contribution >= 0.6 is 11.6 Å². The molecule has 0 aromatic rings. The van der Waals surface area contributed by atoms with Crippen molar-refractivity contribution in [1.29, 1.82) is 0 Å². The van der Waals surface area contributed by atoms with Crippen molar-refractivity contribution < 1.29 is 28.5 Å². The van der Waals surface area contributed by atoms with Gasteiger partial charge >= 0.3 is 0 Å². The summed E-state index contributed by atoms with van der Waals surface area (Å²) in [4.78, 5) is 11.5. The van der Waals surface area contributed by atoms with Crippen molar-refractivity contribution in [2.45, 2.75) is 39.0 Å². The lowest BCUT2D eigenvalue weighted by Gasteiger charge is -2.08. The summed E-state index contributed by atoms with van der Waals surface area (Å²) < 4.78 is 26.7. The van der Waals surface area contributed by atoms with Crippen LogP contribution in [0.2, 0.25) is 0 Å². The number of unbranched alkanes of at least 4 members (excludes halogenated alkanes) is 3. The highest BCUT2D eigenvalue weighted by molar-refractivity contribution is 6.17. The van der Waals surface area contributed by atoms with Gasteiger partial charge in [0.15, 0.2) is 0 Å². The molecule has 0 saturated heterocycles. The Morgan fingerprint density at radius 3 is 1.93 bits per heavy atom. The molecule has 27 heavy (non-hydrogen) atoms. The lowest BCUT2D eigenvalue weighted by molar-refractivity contribution is -0.126. The summed E-state index contributed by atoms with van der Waals surface area (Å²) in [7, 11) is 0. The fourth-order valence-corrected chi connectivity index (χ4v) is 2.23. The molecule has 0 spiro atoms. The van der Waals surface area contributed by atoms with Gasteiger partial charge in [0.25, 0.3) is 0 Å². The second-order valence-corrected chi connectivity index (χ2v) is 6.33. The molecule has 1 amide bonds. The number of nitrogens with one attached hydrogen (secondary N) is 1. The first-order chi connectivity index (χ1) is 13.3. The molecule has 1 N–H and O–H groups in total. The summed E-state index contributed by atoms with van der Waals surface area (Å²) >= 11 is 5.62. The topological polar surface area (TPSA) is 75.3 Å². The van der Waals surface area contributed by atoms with Gasteiger partial charge in [0.1, 0.15) is 6.61 Å². The van der Waals surface area contributed by atoms with Gasteiger partial charge in [0.05, 0.1) is 46.2 Å². The minimum Gasteiger partial charge on any atom is -0.379 e. The predicted octanol–water partition coefficient (Wildman–Crippen LogP) is 2.39. The maximum Gasteiger partial charge on any atom is 0.246 e. The van der Waals surface area contributed by atoms with Crippen molar-refractivity contribution in [1.82, 2.24) is 5.32 Å². The number of carbonyl (C=O) groups is 1. The molecule has 0 aliphatic rings. The first-order valence-electron chi connectivity index (χ1n) is 10.0. The summed E-state index contributed by atoms with van der Waals surface area (Å²) in [6.07, 6.45) is 5.45. The highest BCUT2D eigenvalue weighted by Gasteiger charge is 2.00. The molecule has 0 aliphatic heterocycles. The van der Waals surface area contributed by atoms with Crippen LogP contribution in [0.15, 0.2) is 0 Å². The number of hydrogen-bond acceptors (Lipinski definition) is 6. The monoisotopic (exact) mass is 411 g/mol. The number of hydrogen-bond donors (Lipinski definition) is 1. The molecular formula is C19H38ClNO6. The maximum absolute atomic E-state index is 11.5. The van der Waals surface area contributed by atoms with E-state index in [2.05, 4.69) is 12.2 Å². The van der Waals surface area contributed by atoms with E-state index in [9.17, 15) is 4.79 Å². The lowest BCUT2D eigenvalue weighted by Crippen LogP contribution is -2.31. The Hall–Kier alpha value is -0.440. The van der Waals surface area contributed by atoms with Crippen LogP contribution in [0.25, 0.3) is 0 Å². The molecule has 0 aromatic carbocycles. The minimum absolute atomic E-state index is 0.0303. The van der Waals surface area contributed by atoms with Gasteiger partial charge in [0.2, 0.25) is 5.91 Å². The van der Waals surface area contributed by atoms with Crippen LogP contribution in [0.1, 0.15) is 39.0 Å². The van der Waals surface area contributed by atoms with E-state index in [1.807, 2.05) is 0 Å². The highest BCUT2D eigenvalue weighted by atomic mass is 35.5. The Morgan fingerprint density at radius 2 is 1.26 bits per heavy atom. The SMILES string of the molecule is CCCOCCOCCOCC(=O)NCCOCCOCCCCCCCl. The smallest absolute Gasteiger partial charge is 0.246 e.